The molecule has 2 aromatic rings. The number of carbonyl (C=O) groups is 2. The van der Waals surface area contributed by atoms with Gasteiger partial charge in [-0.05, 0) is 30.2 Å². The second-order valence-electron chi connectivity index (χ2n) is 8.19. The number of rotatable bonds is 10. The van der Waals surface area contributed by atoms with E-state index < -0.39 is 12.1 Å². The molecule has 2 rings (SSSR count). The van der Waals surface area contributed by atoms with Crippen LogP contribution in [0.4, 0.5) is 9.93 Å². The van der Waals surface area contributed by atoms with Crippen LogP contribution in [-0.2, 0) is 16.1 Å². The van der Waals surface area contributed by atoms with Crippen molar-refractivity contribution in [2.75, 3.05) is 5.73 Å². The number of alkyl carbamates (subject to hydrolysis) is 1. The van der Waals surface area contributed by atoms with Gasteiger partial charge in [-0.1, -0.05) is 58.0 Å². The Morgan fingerprint density at radius 2 is 1.73 bits per heavy atom. The van der Waals surface area contributed by atoms with Gasteiger partial charge in [-0.25, -0.2) is 9.78 Å². The van der Waals surface area contributed by atoms with Crippen molar-refractivity contribution in [3.8, 4) is 0 Å². The molecule has 0 saturated carbocycles. The summed E-state index contributed by atoms with van der Waals surface area (Å²) >= 11 is 1.35. The maximum atomic E-state index is 13.0. The van der Waals surface area contributed by atoms with E-state index >= 15 is 0 Å². The fraction of sp³-hybridized carbons (Fsp3) is 0.500. The zero-order valence-corrected chi connectivity index (χ0v) is 18.9. The second-order valence-corrected chi connectivity index (χ2v) is 9.08. The van der Waals surface area contributed by atoms with Crippen LogP contribution in [0, 0.1) is 11.8 Å². The molecule has 0 aliphatic rings. The first-order valence-electron chi connectivity index (χ1n) is 10.2. The Labute approximate surface area is 182 Å². The summed E-state index contributed by atoms with van der Waals surface area (Å²) in [5.41, 5.74) is 7.40. The topological polar surface area (TPSA) is 106 Å². The van der Waals surface area contributed by atoms with Gasteiger partial charge in [-0.15, -0.1) is 11.3 Å². The predicted octanol–water partition coefficient (Wildman–Crippen LogP) is 4.27. The Balaban J connectivity index is 2.02. The Hall–Kier alpha value is -2.61. The maximum Gasteiger partial charge on any atom is 0.408 e. The van der Waals surface area contributed by atoms with Crippen LogP contribution in [0.15, 0.2) is 35.7 Å². The number of nitrogens with one attached hydrogen (secondary N) is 2. The van der Waals surface area contributed by atoms with Gasteiger partial charge in [0.25, 0.3) is 0 Å². The standard InChI is InChI=1S/C22H32N4O3S/c1-14(2)10-17(19-13-30-21(23)25-19)24-20(27)18(11-15(3)4)26-22(28)29-12-16-8-6-5-7-9-16/h5-9,13-15,17-18H,10-12H2,1-4H3,(H2,23,25)(H,24,27)(H,26,28). The van der Waals surface area contributed by atoms with Crippen molar-refractivity contribution in [3.05, 3.63) is 47.0 Å². The largest absolute Gasteiger partial charge is 0.445 e. The molecular formula is C22H32N4O3S. The van der Waals surface area contributed by atoms with Crippen LogP contribution in [0.2, 0.25) is 0 Å². The lowest BCUT2D eigenvalue weighted by Crippen LogP contribution is -2.48. The monoisotopic (exact) mass is 432 g/mol. The summed E-state index contributed by atoms with van der Waals surface area (Å²) in [6, 6.07) is 8.46. The van der Waals surface area contributed by atoms with Crippen LogP contribution < -0.4 is 16.4 Å². The summed E-state index contributed by atoms with van der Waals surface area (Å²) in [5.74, 6) is 0.316. The minimum Gasteiger partial charge on any atom is -0.445 e. The van der Waals surface area contributed by atoms with Crippen LogP contribution >= 0.6 is 11.3 Å². The minimum absolute atomic E-state index is 0.150. The summed E-state index contributed by atoms with van der Waals surface area (Å²) in [7, 11) is 0. The van der Waals surface area contributed by atoms with E-state index in [-0.39, 0.29) is 24.5 Å². The number of ether oxygens (including phenoxy) is 1. The van der Waals surface area contributed by atoms with Gasteiger partial charge in [0.15, 0.2) is 5.13 Å². The van der Waals surface area contributed by atoms with E-state index in [2.05, 4.69) is 29.5 Å². The summed E-state index contributed by atoms with van der Waals surface area (Å²) in [6.45, 7) is 8.32. The van der Waals surface area contributed by atoms with E-state index in [1.807, 2.05) is 49.6 Å². The quantitative estimate of drug-likeness (QED) is 0.520. The number of nitrogens with two attached hydrogens (primary N) is 1. The molecule has 2 atom stereocenters. The lowest BCUT2D eigenvalue weighted by molar-refractivity contribution is -0.124. The Morgan fingerprint density at radius 1 is 1.07 bits per heavy atom. The van der Waals surface area contributed by atoms with E-state index in [1.165, 1.54) is 11.3 Å². The molecule has 0 aliphatic heterocycles. The molecule has 1 aromatic carbocycles. The molecule has 0 bridgehead atoms. The molecule has 164 valence electrons. The molecule has 0 saturated heterocycles. The smallest absolute Gasteiger partial charge is 0.408 e. The van der Waals surface area contributed by atoms with E-state index in [0.717, 1.165) is 17.7 Å². The zero-order valence-electron chi connectivity index (χ0n) is 18.1. The summed E-state index contributed by atoms with van der Waals surface area (Å²) in [6.07, 6.45) is 0.611. The lowest BCUT2D eigenvalue weighted by Gasteiger charge is -2.24. The molecule has 2 unspecified atom stereocenters. The van der Waals surface area contributed by atoms with Gasteiger partial charge in [0, 0.05) is 5.38 Å². The third-order valence-corrected chi connectivity index (χ3v) is 5.14. The average molecular weight is 433 g/mol. The molecule has 1 heterocycles. The number of benzene rings is 1. The predicted molar refractivity (Wildman–Crippen MR) is 120 cm³/mol. The molecule has 8 heteroatoms. The van der Waals surface area contributed by atoms with Gasteiger partial charge in [0.05, 0.1) is 11.7 Å². The second kappa shape index (κ2) is 11.5. The van der Waals surface area contributed by atoms with Gasteiger partial charge in [-0.3, -0.25) is 4.79 Å². The van der Waals surface area contributed by atoms with Crippen molar-refractivity contribution < 1.29 is 14.3 Å². The molecular weight excluding hydrogens is 400 g/mol. The number of amides is 2. The first kappa shape index (κ1) is 23.7. The third kappa shape index (κ3) is 8.02. The number of nitrogens with zero attached hydrogens (tertiary/aromatic N) is 1. The summed E-state index contributed by atoms with van der Waals surface area (Å²) in [4.78, 5) is 29.7. The van der Waals surface area contributed by atoms with Crippen LogP contribution in [0.3, 0.4) is 0 Å². The van der Waals surface area contributed by atoms with Crippen molar-refractivity contribution in [1.29, 1.82) is 0 Å². The molecule has 0 aliphatic carbocycles. The number of aromatic nitrogens is 1. The van der Waals surface area contributed by atoms with E-state index in [9.17, 15) is 9.59 Å². The van der Waals surface area contributed by atoms with Crippen molar-refractivity contribution in [3.63, 3.8) is 0 Å². The summed E-state index contributed by atoms with van der Waals surface area (Å²) < 4.78 is 5.29. The van der Waals surface area contributed by atoms with Gasteiger partial charge in [0.2, 0.25) is 5.91 Å². The Bertz CT molecular complexity index is 808. The highest BCUT2D eigenvalue weighted by Crippen LogP contribution is 2.24. The molecule has 0 fully saturated rings. The molecule has 30 heavy (non-hydrogen) atoms. The van der Waals surface area contributed by atoms with Crippen molar-refractivity contribution in [2.45, 2.75) is 59.2 Å². The Morgan fingerprint density at radius 3 is 2.30 bits per heavy atom. The number of nitrogen functional groups attached to an aromatic ring is 1. The van der Waals surface area contributed by atoms with Crippen molar-refractivity contribution in [2.24, 2.45) is 11.8 Å². The normalized spacial score (nSPS) is 13.1. The molecule has 4 N–H and O–H groups in total. The van der Waals surface area contributed by atoms with Crippen molar-refractivity contribution >= 4 is 28.5 Å². The van der Waals surface area contributed by atoms with Crippen LogP contribution in [0.1, 0.15) is 57.8 Å². The third-order valence-electron chi connectivity index (χ3n) is 4.45. The number of thiazole rings is 1. The number of carbonyl (C=O) groups excluding carboxylic acids is 2. The van der Waals surface area contributed by atoms with Gasteiger partial charge in [0.1, 0.15) is 12.6 Å². The first-order valence-corrected chi connectivity index (χ1v) is 11.1. The zero-order chi connectivity index (χ0) is 22.1. The van der Waals surface area contributed by atoms with Gasteiger partial charge >= 0.3 is 6.09 Å². The number of hydrogen-bond donors (Lipinski definition) is 3. The molecule has 0 radical (unpaired) electrons. The fourth-order valence-electron chi connectivity index (χ4n) is 3.07. The molecule has 0 spiro atoms. The number of hydrogen-bond acceptors (Lipinski definition) is 6. The highest BCUT2D eigenvalue weighted by atomic mass is 32.1. The van der Waals surface area contributed by atoms with Gasteiger partial charge in [-0.2, -0.15) is 0 Å². The van der Waals surface area contributed by atoms with Crippen LogP contribution in [0.5, 0.6) is 0 Å². The lowest BCUT2D eigenvalue weighted by atomic mass is 9.99. The van der Waals surface area contributed by atoms with Gasteiger partial charge < -0.3 is 21.1 Å². The van der Waals surface area contributed by atoms with Crippen LogP contribution in [0.25, 0.3) is 0 Å². The fourth-order valence-corrected chi connectivity index (χ4v) is 3.68. The summed E-state index contributed by atoms with van der Waals surface area (Å²) in [5, 5.41) is 8.09. The van der Waals surface area contributed by atoms with Crippen LogP contribution in [-0.4, -0.2) is 23.0 Å². The average Bonchev–Trinajstić information content (AvgIpc) is 3.12. The SMILES string of the molecule is CC(C)CC(NC(=O)OCc1ccccc1)C(=O)NC(CC(C)C)c1csc(N)n1. The molecule has 1 aromatic heterocycles. The highest BCUT2D eigenvalue weighted by Gasteiger charge is 2.26. The molecule has 2 amide bonds. The first-order chi connectivity index (χ1) is 14.2. The molecule has 7 nitrogen and oxygen atoms in total. The van der Waals surface area contributed by atoms with E-state index in [1.54, 1.807) is 0 Å². The highest BCUT2D eigenvalue weighted by molar-refractivity contribution is 7.13. The number of anilines is 1. The maximum absolute atomic E-state index is 13.0. The van der Waals surface area contributed by atoms with E-state index in [4.69, 9.17) is 10.5 Å². The Kier molecular flexibility index (Phi) is 9.11. The van der Waals surface area contributed by atoms with E-state index in [0.29, 0.717) is 17.5 Å². The minimum atomic E-state index is -0.695. The van der Waals surface area contributed by atoms with Crippen molar-refractivity contribution in [1.82, 2.24) is 15.6 Å².